The molecule has 2 aromatic rings. The fourth-order valence-corrected chi connectivity index (χ4v) is 3.66. The second-order valence-electron chi connectivity index (χ2n) is 5.67. The maximum atomic E-state index is 12.6. The predicted octanol–water partition coefficient (Wildman–Crippen LogP) is 2.67. The minimum absolute atomic E-state index is 0.0716. The zero-order valence-electron chi connectivity index (χ0n) is 13.4. The number of aromatic nitrogens is 2. The predicted molar refractivity (Wildman–Crippen MR) is 92.1 cm³/mol. The first-order valence-electron chi connectivity index (χ1n) is 7.61. The molecule has 0 bridgehead atoms. The van der Waals surface area contributed by atoms with Crippen LogP contribution in [0.2, 0.25) is 0 Å². The second kappa shape index (κ2) is 6.20. The van der Waals surface area contributed by atoms with Crippen LogP contribution in [0.5, 0.6) is 0 Å². The van der Waals surface area contributed by atoms with Gasteiger partial charge in [0.05, 0.1) is 5.56 Å². The van der Waals surface area contributed by atoms with E-state index in [2.05, 4.69) is 10.3 Å². The van der Waals surface area contributed by atoms with Gasteiger partial charge in [-0.1, -0.05) is 48.5 Å². The summed E-state index contributed by atoms with van der Waals surface area (Å²) in [6.07, 6.45) is 0.271. The lowest BCUT2D eigenvalue weighted by atomic mass is 9.86. The average Bonchev–Trinajstić information content (AvgIpc) is 2.51. The Morgan fingerprint density at radius 3 is 2.87 bits per heavy atom. The molecule has 120 valence electrons. The number of fused-ring (bicyclic) bond motifs is 1. The third-order valence-electron chi connectivity index (χ3n) is 4.02. The van der Waals surface area contributed by atoms with E-state index in [0.717, 1.165) is 16.9 Å². The molecule has 0 spiro atoms. The summed E-state index contributed by atoms with van der Waals surface area (Å²) in [5, 5.41) is 3.48. The second-order valence-corrected chi connectivity index (χ2v) is 6.90. The van der Waals surface area contributed by atoms with Crippen LogP contribution in [0.3, 0.4) is 0 Å². The molecule has 1 aliphatic heterocycles. The highest BCUT2D eigenvalue weighted by Gasteiger charge is 2.31. The summed E-state index contributed by atoms with van der Waals surface area (Å²) >= 11 is 1.49. The highest BCUT2D eigenvalue weighted by Crippen LogP contribution is 2.35. The van der Waals surface area contributed by atoms with Gasteiger partial charge in [0.1, 0.15) is 5.82 Å². The van der Waals surface area contributed by atoms with Gasteiger partial charge in [-0.05, 0) is 18.2 Å². The maximum absolute atomic E-state index is 12.6. The van der Waals surface area contributed by atoms with E-state index in [1.807, 2.05) is 49.7 Å². The van der Waals surface area contributed by atoms with Crippen LogP contribution >= 0.6 is 11.8 Å². The summed E-state index contributed by atoms with van der Waals surface area (Å²) in [7, 11) is 1.84. The summed E-state index contributed by atoms with van der Waals surface area (Å²) < 4.78 is 1.81. The summed E-state index contributed by atoms with van der Waals surface area (Å²) in [4.78, 5) is 29.0. The molecule has 1 aromatic heterocycles. The van der Waals surface area contributed by atoms with Crippen molar-refractivity contribution in [1.82, 2.24) is 9.55 Å². The molecule has 1 aliphatic rings. The molecule has 1 aromatic carbocycles. The topological polar surface area (TPSA) is 64.0 Å². The van der Waals surface area contributed by atoms with Crippen LogP contribution in [-0.4, -0.2) is 21.2 Å². The van der Waals surface area contributed by atoms with E-state index >= 15 is 0 Å². The first-order chi connectivity index (χ1) is 11.0. The van der Waals surface area contributed by atoms with Crippen LogP contribution in [0.4, 0.5) is 5.82 Å². The van der Waals surface area contributed by atoms with Gasteiger partial charge in [-0.2, -0.15) is 4.98 Å². The van der Waals surface area contributed by atoms with Crippen molar-refractivity contribution >= 4 is 23.5 Å². The van der Waals surface area contributed by atoms with Crippen molar-refractivity contribution in [3.63, 3.8) is 0 Å². The number of benzene rings is 1. The van der Waals surface area contributed by atoms with E-state index < -0.39 is 0 Å². The van der Waals surface area contributed by atoms with Crippen molar-refractivity contribution in [2.24, 2.45) is 7.05 Å². The van der Waals surface area contributed by atoms with E-state index in [0.29, 0.717) is 16.5 Å². The minimum atomic E-state index is -0.249. The Morgan fingerprint density at radius 2 is 2.17 bits per heavy atom. The van der Waals surface area contributed by atoms with E-state index in [1.165, 1.54) is 11.8 Å². The quantitative estimate of drug-likeness (QED) is 0.694. The van der Waals surface area contributed by atoms with Gasteiger partial charge in [0.15, 0.2) is 5.16 Å². The Bertz CT molecular complexity index is 829. The monoisotopic (exact) mass is 329 g/mol. The zero-order valence-corrected chi connectivity index (χ0v) is 14.2. The number of carbonyl (C=O) groups excluding carboxylic acids is 1. The highest BCUT2D eigenvalue weighted by atomic mass is 32.2. The van der Waals surface area contributed by atoms with Crippen molar-refractivity contribution in [2.75, 3.05) is 11.1 Å². The number of aryl methyl sites for hydroxylation is 1. The number of hydrogen-bond acceptors (Lipinski definition) is 4. The molecule has 0 fully saturated rings. The lowest BCUT2D eigenvalue weighted by Crippen LogP contribution is -2.33. The van der Waals surface area contributed by atoms with Crippen LogP contribution in [0.1, 0.15) is 36.0 Å². The minimum Gasteiger partial charge on any atom is -0.312 e. The van der Waals surface area contributed by atoms with Crippen molar-refractivity contribution in [3.05, 3.63) is 51.3 Å². The first kappa shape index (κ1) is 15.8. The molecule has 1 amide bonds. The number of amides is 1. The van der Waals surface area contributed by atoms with Gasteiger partial charge in [0.25, 0.3) is 5.56 Å². The van der Waals surface area contributed by atoms with E-state index in [1.54, 1.807) is 0 Å². The lowest BCUT2D eigenvalue weighted by molar-refractivity contribution is -0.116. The fourth-order valence-electron chi connectivity index (χ4n) is 2.97. The van der Waals surface area contributed by atoms with Crippen molar-refractivity contribution in [2.45, 2.75) is 31.3 Å². The SMILES string of the molecule is CCSc1nc(=O)c2c(n1C)NC(=O)C[C@H]2c1cccc(C)c1. The molecular weight excluding hydrogens is 310 g/mol. The van der Waals surface area contributed by atoms with Gasteiger partial charge in [0, 0.05) is 19.4 Å². The molecule has 2 heterocycles. The van der Waals surface area contributed by atoms with Crippen LogP contribution in [0.15, 0.2) is 34.2 Å². The van der Waals surface area contributed by atoms with Crippen molar-refractivity contribution in [1.29, 1.82) is 0 Å². The number of rotatable bonds is 3. The Labute approximate surface area is 139 Å². The summed E-state index contributed by atoms with van der Waals surface area (Å²) in [5.41, 5.74) is 2.42. The highest BCUT2D eigenvalue weighted by molar-refractivity contribution is 7.99. The normalized spacial score (nSPS) is 16.8. The Balaban J connectivity index is 2.20. The van der Waals surface area contributed by atoms with Gasteiger partial charge in [-0.3, -0.25) is 9.59 Å². The number of nitrogens with zero attached hydrogens (tertiary/aromatic N) is 2. The molecule has 0 saturated heterocycles. The van der Waals surface area contributed by atoms with Gasteiger partial charge in [-0.25, -0.2) is 0 Å². The number of carbonyl (C=O) groups is 1. The molecule has 0 radical (unpaired) electrons. The maximum Gasteiger partial charge on any atom is 0.279 e. The smallest absolute Gasteiger partial charge is 0.279 e. The Morgan fingerprint density at radius 1 is 1.39 bits per heavy atom. The third-order valence-corrected chi connectivity index (χ3v) is 4.93. The summed E-state index contributed by atoms with van der Waals surface area (Å²) in [6.45, 7) is 4.01. The van der Waals surface area contributed by atoms with Crippen LogP contribution < -0.4 is 10.9 Å². The van der Waals surface area contributed by atoms with E-state index in [9.17, 15) is 9.59 Å². The molecule has 0 aliphatic carbocycles. The lowest BCUT2D eigenvalue weighted by Gasteiger charge is -2.27. The molecule has 1 N–H and O–H groups in total. The van der Waals surface area contributed by atoms with Gasteiger partial charge in [-0.15, -0.1) is 0 Å². The molecule has 6 heteroatoms. The number of hydrogen-bond donors (Lipinski definition) is 1. The van der Waals surface area contributed by atoms with Crippen molar-refractivity contribution < 1.29 is 4.79 Å². The molecule has 23 heavy (non-hydrogen) atoms. The molecular formula is C17H19N3O2S. The van der Waals surface area contributed by atoms with Gasteiger partial charge in [0.2, 0.25) is 5.91 Å². The zero-order chi connectivity index (χ0) is 16.6. The van der Waals surface area contributed by atoms with E-state index in [-0.39, 0.29) is 23.8 Å². The average molecular weight is 329 g/mol. The summed E-state index contributed by atoms with van der Waals surface area (Å²) in [5.74, 6) is 1.07. The molecule has 0 saturated carbocycles. The first-order valence-corrected chi connectivity index (χ1v) is 8.60. The van der Waals surface area contributed by atoms with Crippen LogP contribution in [0, 0.1) is 6.92 Å². The number of thioether (sulfide) groups is 1. The largest absolute Gasteiger partial charge is 0.312 e. The summed E-state index contributed by atoms with van der Waals surface area (Å²) in [6, 6.07) is 7.95. The molecule has 1 atom stereocenters. The van der Waals surface area contributed by atoms with Crippen LogP contribution in [0.25, 0.3) is 0 Å². The number of anilines is 1. The Hall–Kier alpha value is -2.08. The number of nitrogens with one attached hydrogen (secondary N) is 1. The fraction of sp³-hybridized carbons (Fsp3) is 0.353. The van der Waals surface area contributed by atoms with Crippen LogP contribution in [-0.2, 0) is 11.8 Å². The molecule has 5 nitrogen and oxygen atoms in total. The third kappa shape index (κ3) is 2.91. The molecule has 3 rings (SSSR count). The Kier molecular flexibility index (Phi) is 4.26. The van der Waals surface area contributed by atoms with Gasteiger partial charge < -0.3 is 9.88 Å². The van der Waals surface area contributed by atoms with E-state index in [4.69, 9.17) is 0 Å². The molecule has 0 unspecified atom stereocenters. The van der Waals surface area contributed by atoms with Crippen molar-refractivity contribution in [3.8, 4) is 0 Å². The van der Waals surface area contributed by atoms with Gasteiger partial charge >= 0.3 is 0 Å². The standard InChI is InChI=1S/C17H19N3O2S/c1-4-23-17-19-16(22)14-12(11-7-5-6-10(2)8-11)9-13(21)18-15(14)20(17)3/h5-8,12H,4,9H2,1-3H3,(H,18,21)/t12-/m0/s1.